The van der Waals surface area contributed by atoms with Crippen LogP contribution in [0.4, 0.5) is 0 Å². The summed E-state index contributed by atoms with van der Waals surface area (Å²) in [5, 5.41) is 6.66. The highest BCUT2D eigenvalue weighted by Gasteiger charge is 2.08. The molecule has 20 heavy (non-hydrogen) atoms. The average Bonchev–Trinajstić information content (AvgIpc) is 2.95. The van der Waals surface area contributed by atoms with Gasteiger partial charge in [0.1, 0.15) is 0 Å². The van der Waals surface area contributed by atoms with E-state index >= 15 is 0 Å². The van der Waals surface area contributed by atoms with Crippen LogP contribution in [-0.2, 0) is 11.2 Å². The lowest BCUT2D eigenvalue weighted by Crippen LogP contribution is -2.22. The fraction of sp³-hybridized carbons (Fsp3) is 0.267. The molecule has 1 heterocycles. The van der Waals surface area contributed by atoms with Crippen molar-refractivity contribution in [2.75, 3.05) is 6.54 Å². The molecule has 0 saturated heterocycles. The summed E-state index contributed by atoms with van der Waals surface area (Å²) in [5.74, 6) is 1.14. The molecule has 0 saturated carbocycles. The Bertz CT molecular complexity index is 564. The van der Waals surface area contributed by atoms with Crippen LogP contribution in [0.2, 0.25) is 0 Å². The average molecular weight is 271 g/mol. The number of carbonyl (C=O) groups excluding carboxylic acids is 1. The van der Waals surface area contributed by atoms with Gasteiger partial charge >= 0.3 is 0 Å². The second-order valence-electron chi connectivity index (χ2n) is 4.32. The molecule has 5 heteroatoms. The van der Waals surface area contributed by atoms with Crippen molar-refractivity contribution in [3.8, 4) is 11.4 Å². The van der Waals surface area contributed by atoms with E-state index in [1.165, 1.54) is 0 Å². The minimum absolute atomic E-state index is 0.00713. The number of benzene rings is 1. The van der Waals surface area contributed by atoms with Gasteiger partial charge in [-0.15, -0.1) is 6.58 Å². The van der Waals surface area contributed by atoms with Crippen LogP contribution in [0.3, 0.4) is 0 Å². The largest absolute Gasteiger partial charge is 0.353 e. The fourth-order valence-electron chi connectivity index (χ4n) is 1.74. The smallest absolute Gasteiger partial charge is 0.226 e. The highest BCUT2D eigenvalue weighted by Crippen LogP contribution is 2.15. The lowest BCUT2D eigenvalue weighted by molar-refractivity contribution is -0.120. The second-order valence-corrected chi connectivity index (χ2v) is 4.32. The zero-order chi connectivity index (χ0) is 14.2. The number of hydrogen-bond acceptors (Lipinski definition) is 4. The Kier molecular flexibility index (Phi) is 5.06. The molecule has 1 amide bonds. The first kappa shape index (κ1) is 14.0. The van der Waals surface area contributed by atoms with Crippen molar-refractivity contribution < 1.29 is 9.32 Å². The summed E-state index contributed by atoms with van der Waals surface area (Å²) >= 11 is 0. The number of nitrogens with one attached hydrogen (secondary N) is 1. The number of aryl methyl sites for hydroxylation is 1. The van der Waals surface area contributed by atoms with Crippen LogP contribution in [0.5, 0.6) is 0 Å². The molecule has 2 rings (SSSR count). The van der Waals surface area contributed by atoms with Gasteiger partial charge in [0.25, 0.3) is 0 Å². The number of aromatic nitrogens is 2. The molecule has 1 aromatic carbocycles. The summed E-state index contributed by atoms with van der Waals surface area (Å²) in [4.78, 5) is 15.7. The maximum atomic E-state index is 11.4. The van der Waals surface area contributed by atoms with Crippen LogP contribution in [-0.4, -0.2) is 22.6 Å². The van der Waals surface area contributed by atoms with Crippen LogP contribution < -0.4 is 5.32 Å². The van der Waals surface area contributed by atoms with Crippen molar-refractivity contribution in [3.05, 3.63) is 48.9 Å². The first-order valence-corrected chi connectivity index (χ1v) is 6.55. The number of amides is 1. The van der Waals surface area contributed by atoms with E-state index in [-0.39, 0.29) is 5.91 Å². The molecule has 0 spiro atoms. The minimum atomic E-state index is 0.00713. The lowest BCUT2D eigenvalue weighted by Gasteiger charge is -1.99. The van der Waals surface area contributed by atoms with E-state index < -0.39 is 0 Å². The third kappa shape index (κ3) is 4.05. The Labute approximate surface area is 117 Å². The molecule has 1 aromatic heterocycles. The molecule has 0 fully saturated rings. The number of hydrogen-bond donors (Lipinski definition) is 1. The molecule has 0 aliphatic rings. The molecule has 0 atom stereocenters. The third-order valence-corrected chi connectivity index (χ3v) is 2.74. The van der Waals surface area contributed by atoms with Gasteiger partial charge in [-0.2, -0.15) is 4.98 Å². The summed E-state index contributed by atoms with van der Waals surface area (Å²) in [5.41, 5.74) is 0.922. The zero-order valence-electron chi connectivity index (χ0n) is 11.2. The Morgan fingerprint density at radius 1 is 1.35 bits per heavy atom. The van der Waals surface area contributed by atoms with Crippen molar-refractivity contribution in [1.29, 1.82) is 0 Å². The van der Waals surface area contributed by atoms with E-state index in [9.17, 15) is 4.79 Å². The molecule has 0 unspecified atom stereocenters. The Morgan fingerprint density at radius 3 is 2.90 bits per heavy atom. The normalized spacial score (nSPS) is 10.2. The van der Waals surface area contributed by atoms with Gasteiger partial charge in [-0.3, -0.25) is 4.79 Å². The second kappa shape index (κ2) is 7.23. The van der Waals surface area contributed by atoms with Crippen LogP contribution in [0.15, 0.2) is 47.5 Å². The number of carbonyl (C=O) groups is 1. The Hall–Kier alpha value is -2.43. The monoisotopic (exact) mass is 271 g/mol. The van der Waals surface area contributed by atoms with Crippen LogP contribution in [0.25, 0.3) is 11.4 Å². The summed E-state index contributed by atoms with van der Waals surface area (Å²) in [6, 6.07) is 9.64. The zero-order valence-corrected chi connectivity index (χ0v) is 11.2. The summed E-state index contributed by atoms with van der Waals surface area (Å²) in [7, 11) is 0. The molecule has 104 valence electrons. The first-order chi connectivity index (χ1) is 9.79. The van der Waals surface area contributed by atoms with Crippen LogP contribution in [0, 0.1) is 0 Å². The molecule has 0 bridgehead atoms. The van der Waals surface area contributed by atoms with Gasteiger partial charge < -0.3 is 9.84 Å². The van der Waals surface area contributed by atoms with Gasteiger partial charge in [0, 0.05) is 24.9 Å². The number of rotatable bonds is 7. The standard InChI is InChI=1S/C15H17N3O2/c1-2-11-16-13(19)9-6-10-14-17-15(18-20-14)12-7-4-3-5-8-12/h2-5,7-8H,1,6,9-11H2,(H,16,19). The van der Waals surface area contributed by atoms with Gasteiger partial charge in [-0.1, -0.05) is 41.6 Å². The predicted molar refractivity (Wildman–Crippen MR) is 75.9 cm³/mol. The van der Waals surface area contributed by atoms with Crippen molar-refractivity contribution in [2.24, 2.45) is 0 Å². The van der Waals surface area contributed by atoms with E-state index in [0.29, 0.717) is 37.5 Å². The minimum Gasteiger partial charge on any atom is -0.353 e. The lowest BCUT2D eigenvalue weighted by atomic mass is 10.2. The summed E-state index contributed by atoms with van der Waals surface area (Å²) < 4.78 is 5.17. The quantitative estimate of drug-likeness (QED) is 0.785. The van der Waals surface area contributed by atoms with Crippen molar-refractivity contribution >= 4 is 5.91 Å². The maximum absolute atomic E-state index is 11.4. The Morgan fingerprint density at radius 2 is 2.15 bits per heavy atom. The molecular formula is C15H17N3O2. The molecular weight excluding hydrogens is 254 g/mol. The summed E-state index contributed by atoms with van der Waals surface area (Å²) in [6.07, 6.45) is 3.37. The van der Waals surface area contributed by atoms with Crippen LogP contribution in [0.1, 0.15) is 18.7 Å². The molecule has 0 aliphatic carbocycles. The van der Waals surface area contributed by atoms with Crippen molar-refractivity contribution in [1.82, 2.24) is 15.5 Å². The van der Waals surface area contributed by atoms with E-state index in [4.69, 9.17) is 4.52 Å². The van der Waals surface area contributed by atoms with Crippen molar-refractivity contribution in [2.45, 2.75) is 19.3 Å². The van der Waals surface area contributed by atoms with Gasteiger partial charge in [0.15, 0.2) is 0 Å². The maximum Gasteiger partial charge on any atom is 0.226 e. The number of nitrogens with zero attached hydrogens (tertiary/aromatic N) is 2. The van der Waals surface area contributed by atoms with E-state index in [0.717, 1.165) is 5.56 Å². The SMILES string of the molecule is C=CCNC(=O)CCCc1nc(-c2ccccc2)no1. The van der Waals surface area contributed by atoms with E-state index in [1.54, 1.807) is 6.08 Å². The van der Waals surface area contributed by atoms with Gasteiger partial charge in [0.2, 0.25) is 17.6 Å². The molecule has 0 aliphatic heterocycles. The van der Waals surface area contributed by atoms with E-state index in [2.05, 4.69) is 22.0 Å². The first-order valence-electron chi connectivity index (χ1n) is 6.55. The van der Waals surface area contributed by atoms with Gasteiger partial charge in [-0.25, -0.2) is 0 Å². The fourth-order valence-corrected chi connectivity index (χ4v) is 1.74. The predicted octanol–water partition coefficient (Wildman–Crippen LogP) is 2.36. The topological polar surface area (TPSA) is 68.0 Å². The highest BCUT2D eigenvalue weighted by atomic mass is 16.5. The van der Waals surface area contributed by atoms with Gasteiger partial charge in [0.05, 0.1) is 0 Å². The molecule has 0 radical (unpaired) electrons. The molecule has 2 aromatic rings. The van der Waals surface area contributed by atoms with Crippen LogP contribution >= 0.6 is 0 Å². The third-order valence-electron chi connectivity index (χ3n) is 2.74. The highest BCUT2D eigenvalue weighted by molar-refractivity contribution is 5.75. The molecule has 5 nitrogen and oxygen atoms in total. The van der Waals surface area contributed by atoms with Gasteiger partial charge in [-0.05, 0) is 6.42 Å². The molecule has 1 N–H and O–H groups in total. The Balaban J connectivity index is 1.82. The van der Waals surface area contributed by atoms with E-state index in [1.807, 2.05) is 30.3 Å². The summed E-state index contributed by atoms with van der Waals surface area (Å²) in [6.45, 7) is 4.04. The van der Waals surface area contributed by atoms with Crippen molar-refractivity contribution in [3.63, 3.8) is 0 Å².